The van der Waals surface area contributed by atoms with E-state index in [-0.39, 0.29) is 0 Å². The summed E-state index contributed by atoms with van der Waals surface area (Å²) in [6.45, 7) is 22.3. The minimum absolute atomic E-state index is 0.388. The molecule has 0 N–H and O–H groups in total. The standard InChI is InChI=1S/C29H48N2O/c1-8-10-13-30-14-16-31(17-15-30)27-18-25(32-21-23(3)9-2)11-12-26(27)24-19-28(4,5)22-29(6,7)20-24/h11-12,18,21,24H,8-10,13-17,19-20,22H2,1-7H3. The van der Waals surface area contributed by atoms with Crippen LogP contribution in [0.25, 0.3) is 0 Å². The van der Waals surface area contributed by atoms with Gasteiger partial charge in [-0.05, 0) is 79.5 Å². The van der Waals surface area contributed by atoms with Gasteiger partial charge in [-0.3, -0.25) is 4.90 Å². The van der Waals surface area contributed by atoms with E-state index in [1.54, 1.807) is 0 Å². The van der Waals surface area contributed by atoms with Crippen molar-refractivity contribution in [3.05, 3.63) is 35.6 Å². The van der Waals surface area contributed by atoms with Gasteiger partial charge in [-0.2, -0.15) is 0 Å². The molecule has 1 aliphatic carbocycles. The quantitative estimate of drug-likeness (QED) is 0.387. The summed E-state index contributed by atoms with van der Waals surface area (Å²) in [7, 11) is 0. The van der Waals surface area contributed by atoms with Crippen LogP contribution in [0.2, 0.25) is 0 Å². The zero-order chi connectivity index (χ0) is 23.4. The van der Waals surface area contributed by atoms with Crippen LogP contribution in [-0.4, -0.2) is 37.6 Å². The van der Waals surface area contributed by atoms with Crippen LogP contribution < -0.4 is 9.64 Å². The Morgan fingerprint density at radius 3 is 2.28 bits per heavy atom. The van der Waals surface area contributed by atoms with Crippen molar-refractivity contribution in [3.8, 4) is 5.75 Å². The fourth-order valence-electron chi connectivity index (χ4n) is 6.13. The number of ether oxygens (including phenoxy) is 1. The van der Waals surface area contributed by atoms with Gasteiger partial charge in [-0.25, -0.2) is 0 Å². The van der Waals surface area contributed by atoms with Gasteiger partial charge in [0.15, 0.2) is 0 Å². The van der Waals surface area contributed by atoms with Crippen molar-refractivity contribution in [2.24, 2.45) is 10.8 Å². The van der Waals surface area contributed by atoms with Gasteiger partial charge in [-0.1, -0.05) is 54.0 Å². The number of anilines is 1. The third kappa shape index (κ3) is 6.76. The monoisotopic (exact) mass is 440 g/mol. The van der Waals surface area contributed by atoms with Crippen molar-refractivity contribution < 1.29 is 4.74 Å². The van der Waals surface area contributed by atoms with Crippen LogP contribution in [0.15, 0.2) is 30.0 Å². The van der Waals surface area contributed by atoms with Crippen molar-refractivity contribution in [3.63, 3.8) is 0 Å². The van der Waals surface area contributed by atoms with Gasteiger partial charge in [0.1, 0.15) is 5.75 Å². The van der Waals surface area contributed by atoms with E-state index in [1.165, 1.54) is 68.6 Å². The van der Waals surface area contributed by atoms with Gasteiger partial charge in [0, 0.05) is 37.9 Å². The molecule has 0 radical (unpaired) electrons. The molecule has 1 aliphatic heterocycles. The average Bonchev–Trinajstić information content (AvgIpc) is 2.74. The molecule has 1 aromatic rings. The summed E-state index contributed by atoms with van der Waals surface area (Å²) in [5, 5.41) is 0. The molecule has 2 fully saturated rings. The lowest BCUT2D eigenvalue weighted by Gasteiger charge is -2.46. The van der Waals surface area contributed by atoms with E-state index in [1.807, 2.05) is 6.26 Å². The Morgan fingerprint density at radius 1 is 1.03 bits per heavy atom. The Kier molecular flexibility index (Phi) is 8.36. The van der Waals surface area contributed by atoms with Crippen LogP contribution in [0, 0.1) is 10.8 Å². The number of allylic oxidation sites excluding steroid dienone is 1. The molecule has 1 heterocycles. The Hall–Kier alpha value is -1.48. The van der Waals surface area contributed by atoms with E-state index in [0.29, 0.717) is 16.7 Å². The lowest BCUT2D eigenvalue weighted by Crippen LogP contribution is -2.47. The van der Waals surface area contributed by atoms with Crippen molar-refractivity contribution in [2.75, 3.05) is 37.6 Å². The molecular weight excluding hydrogens is 392 g/mol. The SMILES string of the molecule is CCCCN1CCN(c2cc(OC=C(C)CC)ccc2C2CC(C)(C)CC(C)(C)C2)CC1. The number of piperazine rings is 1. The number of nitrogens with zero attached hydrogens (tertiary/aromatic N) is 2. The second-order valence-corrected chi connectivity index (χ2v) is 11.9. The molecular formula is C29H48N2O. The predicted octanol–water partition coefficient (Wildman–Crippen LogP) is 7.62. The van der Waals surface area contributed by atoms with E-state index in [9.17, 15) is 0 Å². The van der Waals surface area contributed by atoms with Crippen molar-refractivity contribution in [2.45, 2.75) is 92.9 Å². The molecule has 2 aliphatic rings. The minimum Gasteiger partial charge on any atom is -0.465 e. The smallest absolute Gasteiger partial charge is 0.128 e. The number of rotatable bonds is 8. The first kappa shape index (κ1) is 25.1. The molecule has 1 saturated carbocycles. The highest BCUT2D eigenvalue weighted by Gasteiger charge is 2.40. The molecule has 3 rings (SSSR count). The maximum absolute atomic E-state index is 6.09. The third-order valence-electron chi connectivity index (χ3n) is 7.49. The largest absolute Gasteiger partial charge is 0.465 e. The highest BCUT2D eigenvalue weighted by Crippen LogP contribution is 2.53. The fraction of sp³-hybridized carbons (Fsp3) is 0.724. The minimum atomic E-state index is 0.388. The maximum Gasteiger partial charge on any atom is 0.128 e. The van der Waals surface area contributed by atoms with E-state index >= 15 is 0 Å². The molecule has 0 aromatic heterocycles. The normalized spacial score (nSPS) is 22.2. The van der Waals surface area contributed by atoms with E-state index in [4.69, 9.17) is 4.74 Å². The van der Waals surface area contributed by atoms with Crippen molar-refractivity contribution >= 4 is 5.69 Å². The van der Waals surface area contributed by atoms with Crippen LogP contribution in [-0.2, 0) is 0 Å². The van der Waals surface area contributed by atoms with Crippen LogP contribution >= 0.6 is 0 Å². The number of hydrogen-bond acceptors (Lipinski definition) is 3. The second-order valence-electron chi connectivity index (χ2n) is 11.9. The van der Waals surface area contributed by atoms with Gasteiger partial charge in [0.2, 0.25) is 0 Å². The zero-order valence-electron chi connectivity index (χ0n) is 22.0. The van der Waals surface area contributed by atoms with Crippen LogP contribution in [0.5, 0.6) is 5.75 Å². The summed E-state index contributed by atoms with van der Waals surface area (Å²) >= 11 is 0. The number of hydrogen-bond donors (Lipinski definition) is 0. The predicted molar refractivity (Wildman–Crippen MR) is 139 cm³/mol. The molecule has 1 saturated heterocycles. The lowest BCUT2D eigenvalue weighted by molar-refractivity contribution is 0.0969. The summed E-state index contributed by atoms with van der Waals surface area (Å²) in [6, 6.07) is 6.90. The summed E-state index contributed by atoms with van der Waals surface area (Å²) in [4.78, 5) is 5.27. The molecule has 0 unspecified atom stereocenters. The van der Waals surface area contributed by atoms with Gasteiger partial charge in [0.25, 0.3) is 0 Å². The van der Waals surface area contributed by atoms with Crippen LogP contribution in [0.3, 0.4) is 0 Å². The summed E-state index contributed by atoms with van der Waals surface area (Å²) in [6.07, 6.45) is 9.39. The highest BCUT2D eigenvalue weighted by molar-refractivity contribution is 5.59. The van der Waals surface area contributed by atoms with Gasteiger partial charge in [-0.15, -0.1) is 0 Å². The van der Waals surface area contributed by atoms with Crippen LogP contribution in [0.1, 0.15) is 98.5 Å². The van der Waals surface area contributed by atoms with E-state index in [0.717, 1.165) is 25.3 Å². The molecule has 0 bridgehead atoms. The Labute approximate surface area is 198 Å². The van der Waals surface area contributed by atoms with Gasteiger partial charge >= 0.3 is 0 Å². The first-order valence-electron chi connectivity index (χ1n) is 13.1. The molecule has 180 valence electrons. The molecule has 0 amide bonds. The maximum atomic E-state index is 6.09. The second kappa shape index (κ2) is 10.6. The molecule has 0 spiro atoms. The summed E-state index contributed by atoms with van der Waals surface area (Å²) < 4.78 is 6.09. The molecule has 32 heavy (non-hydrogen) atoms. The Bertz CT molecular complexity index is 755. The number of benzene rings is 1. The van der Waals surface area contributed by atoms with Crippen LogP contribution in [0.4, 0.5) is 5.69 Å². The van der Waals surface area contributed by atoms with Crippen molar-refractivity contribution in [1.29, 1.82) is 0 Å². The first-order chi connectivity index (χ1) is 15.1. The Balaban J connectivity index is 1.87. The molecule has 0 atom stereocenters. The lowest BCUT2D eigenvalue weighted by atomic mass is 9.60. The third-order valence-corrected chi connectivity index (χ3v) is 7.49. The topological polar surface area (TPSA) is 15.7 Å². The summed E-state index contributed by atoms with van der Waals surface area (Å²) in [5.74, 6) is 1.59. The zero-order valence-corrected chi connectivity index (χ0v) is 22.0. The van der Waals surface area contributed by atoms with Crippen molar-refractivity contribution in [1.82, 2.24) is 4.90 Å². The summed E-state index contributed by atoms with van der Waals surface area (Å²) in [5.41, 5.74) is 5.00. The average molecular weight is 441 g/mol. The Morgan fingerprint density at radius 2 is 1.69 bits per heavy atom. The molecule has 3 heteroatoms. The molecule has 1 aromatic carbocycles. The highest BCUT2D eigenvalue weighted by atomic mass is 16.5. The fourth-order valence-corrected chi connectivity index (χ4v) is 6.13. The first-order valence-corrected chi connectivity index (χ1v) is 13.1. The van der Waals surface area contributed by atoms with Gasteiger partial charge < -0.3 is 9.64 Å². The van der Waals surface area contributed by atoms with E-state index in [2.05, 4.69) is 76.5 Å². The van der Waals surface area contributed by atoms with Gasteiger partial charge in [0.05, 0.1) is 6.26 Å². The van der Waals surface area contributed by atoms with E-state index < -0.39 is 0 Å². The number of unbranched alkanes of at least 4 members (excludes halogenated alkanes) is 1. The molecule has 3 nitrogen and oxygen atoms in total.